The minimum atomic E-state index is -1.40. The van der Waals surface area contributed by atoms with Crippen molar-refractivity contribution in [3.8, 4) is 0 Å². The van der Waals surface area contributed by atoms with Crippen LogP contribution in [0.25, 0.3) is 0 Å². The molecule has 2 aliphatic rings. The molecule has 4 atom stereocenters. The normalized spacial score (nSPS) is 23.2. The van der Waals surface area contributed by atoms with Crippen molar-refractivity contribution < 1.29 is 44.1 Å². The molecule has 4 rings (SSSR count). The number of hydrogen-bond acceptors (Lipinski definition) is 9. The van der Waals surface area contributed by atoms with Gasteiger partial charge in [-0.2, -0.15) is 0 Å². The van der Waals surface area contributed by atoms with E-state index in [-0.39, 0.29) is 34.5 Å². The van der Waals surface area contributed by atoms with E-state index < -0.39 is 79.4 Å². The predicted octanol–water partition coefficient (Wildman–Crippen LogP) is -1.69. The fourth-order valence-electron chi connectivity index (χ4n) is 4.48. The number of hydrogen-bond donors (Lipinski definition) is 9. The van der Waals surface area contributed by atoms with E-state index in [2.05, 4.69) is 31.9 Å². The number of anilines is 2. The van der Waals surface area contributed by atoms with Gasteiger partial charge in [0.25, 0.3) is 11.8 Å². The van der Waals surface area contributed by atoms with Gasteiger partial charge in [0.05, 0.1) is 25.9 Å². The summed E-state index contributed by atoms with van der Waals surface area (Å²) in [6, 6.07) is 6.43. The van der Waals surface area contributed by atoms with E-state index in [0.717, 1.165) is 0 Å². The summed E-state index contributed by atoms with van der Waals surface area (Å²) < 4.78 is 0. The minimum absolute atomic E-state index is 0.00761. The molecule has 15 nitrogen and oxygen atoms in total. The maximum Gasteiger partial charge on any atom is 0.252 e. The van der Waals surface area contributed by atoms with Gasteiger partial charge < -0.3 is 47.2 Å². The van der Waals surface area contributed by atoms with Gasteiger partial charge in [-0.15, -0.1) is 0 Å². The Bertz CT molecular complexity index is 1560. The molecule has 1 aliphatic heterocycles. The average molecular weight is 621 g/mol. The molecule has 1 aliphatic carbocycles. The first-order chi connectivity index (χ1) is 21.6. The number of amides is 6. The molecule has 6 amide bonds. The number of nitrogens with one attached hydrogen (secondary N) is 6. The summed E-state index contributed by atoms with van der Waals surface area (Å²) in [6.45, 7) is -2.28. The van der Waals surface area contributed by atoms with Crippen LogP contribution in [0.15, 0.2) is 72.3 Å². The molecule has 1 heterocycles. The fraction of sp³-hybridized carbons (Fsp3) is 0.267. The van der Waals surface area contributed by atoms with Gasteiger partial charge in [-0.3, -0.25) is 28.8 Å². The van der Waals surface area contributed by atoms with Gasteiger partial charge >= 0.3 is 0 Å². The number of aliphatic hydroxyl groups is 3. The first-order valence-corrected chi connectivity index (χ1v) is 13.9. The van der Waals surface area contributed by atoms with Gasteiger partial charge in [0.2, 0.25) is 23.6 Å². The zero-order valence-corrected chi connectivity index (χ0v) is 23.8. The van der Waals surface area contributed by atoms with Crippen LogP contribution in [0.1, 0.15) is 27.1 Å². The molecule has 0 spiro atoms. The zero-order valence-electron chi connectivity index (χ0n) is 23.8. The molecule has 6 bridgehead atoms. The van der Waals surface area contributed by atoms with E-state index >= 15 is 0 Å². The largest absolute Gasteiger partial charge is 0.394 e. The molecular formula is C30H32N6O9. The summed E-state index contributed by atoms with van der Waals surface area (Å²) >= 11 is 0. The van der Waals surface area contributed by atoms with E-state index in [1.165, 1.54) is 60.7 Å². The van der Waals surface area contributed by atoms with Gasteiger partial charge in [-0.25, -0.2) is 0 Å². The summed E-state index contributed by atoms with van der Waals surface area (Å²) in [5.41, 5.74) is 0.546. The Morgan fingerprint density at radius 1 is 0.600 bits per heavy atom. The molecule has 9 N–H and O–H groups in total. The average Bonchev–Trinajstić information content (AvgIpc) is 3.04. The second kappa shape index (κ2) is 14.9. The molecule has 2 aromatic carbocycles. The monoisotopic (exact) mass is 620 g/mol. The zero-order chi connectivity index (χ0) is 32.5. The van der Waals surface area contributed by atoms with E-state index in [1.54, 1.807) is 6.08 Å². The third kappa shape index (κ3) is 8.38. The number of aliphatic hydroxyl groups excluding tert-OH is 3. The number of carbonyl (C=O) groups excluding carboxylic acids is 6. The lowest BCUT2D eigenvalue weighted by Crippen LogP contribution is -2.52. The van der Waals surface area contributed by atoms with Crippen LogP contribution in [0.2, 0.25) is 0 Å². The van der Waals surface area contributed by atoms with Crippen LogP contribution in [0, 0.1) is 0 Å². The number of fused-ring (bicyclic) bond motifs is 6. The van der Waals surface area contributed by atoms with Gasteiger partial charge in [-0.05, 0) is 36.4 Å². The van der Waals surface area contributed by atoms with E-state index in [4.69, 9.17) is 0 Å². The molecule has 0 fully saturated rings. The number of benzene rings is 2. The Morgan fingerprint density at radius 2 is 1.07 bits per heavy atom. The third-order valence-corrected chi connectivity index (χ3v) is 6.90. The summed E-state index contributed by atoms with van der Waals surface area (Å²) in [4.78, 5) is 77.5. The highest BCUT2D eigenvalue weighted by atomic mass is 16.3. The lowest BCUT2D eigenvalue weighted by Gasteiger charge is -2.24. The number of rotatable bonds is 3. The smallest absolute Gasteiger partial charge is 0.252 e. The first-order valence-electron chi connectivity index (χ1n) is 13.9. The van der Waals surface area contributed by atoms with Crippen molar-refractivity contribution in [1.29, 1.82) is 0 Å². The fourth-order valence-corrected chi connectivity index (χ4v) is 4.48. The molecule has 236 valence electrons. The van der Waals surface area contributed by atoms with Crippen molar-refractivity contribution in [2.75, 3.05) is 30.5 Å². The van der Waals surface area contributed by atoms with Crippen molar-refractivity contribution in [1.82, 2.24) is 21.3 Å². The quantitative estimate of drug-likeness (QED) is 0.190. The van der Waals surface area contributed by atoms with Crippen LogP contribution >= 0.6 is 0 Å². The Kier molecular flexibility index (Phi) is 10.8. The second-order valence-electron chi connectivity index (χ2n) is 10.2. The summed E-state index contributed by atoms with van der Waals surface area (Å²) in [6.07, 6.45) is 4.60. The van der Waals surface area contributed by atoms with Crippen LogP contribution in [-0.4, -0.2) is 94.8 Å². The topological polar surface area (TPSA) is 235 Å². The Morgan fingerprint density at radius 3 is 1.56 bits per heavy atom. The van der Waals surface area contributed by atoms with E-state index in [9.17, 15) is 44.1 Å². The molecule has 0 radical (unpaired) electrons. The maximum absolute atomic E-state index is 13.0. The van der Waals surface area contributed by atoms with Crippen LogP contribution in [-0.2, 0) is 19.2 Å². The molecule has 0 aromatic heterocycles. The highest BCUT2D eigenvalue weighted by molar-refractivity contribution is 6.04. The molecular weight excluding hydrogens is 588 g/mol. The summed E-state index contributed by atoms with van der Waals surface area (Å²) in [5.74, 6) is -4.51. The molecule has 0 saturated heterocycles. The van der Waals surface area contributed by atoms with Gasteiger partial charge in [0.15, 0.2) is 0 Å². The number of carbonyl (C=O) groups is 6. The Balaban J connectivity index is 1.63. The molecule has 0 saturated carbocycles. The van der Waals surface area contributed by atoms with Crippen molar-refractivity contribution in [2.45, 2.75) is 30.6 Å². The minimum Gasteiger partial charge on any atom is -0.394 e. The summed E-state index contributed by atoms with van der Waals surface area (Å²) in [7, 11) is 0. The van der Waals surface area contributed by atoms with Gasteiger partial charge in [-0.1, -0.05) is 30.4 Å². The molecule has 15 heteroatoms. The van der Waals surface area contributed by atoms with E-state index in [1.807, 2.05) is 0 Å². The number of allylic oxidation sites excluding steroid dienone is 2. The lowest BCUT2D eigenvalue weighted by atomic mass is 9.99. The third-order valence-electron chi connectivity index (χ3n) is 6.90. The van der Waals surface area contributed by atoms with Crippen molar-refractivity contribution >= 4 is 46.8 Å². The molecule has 45 heavy (non-hydrogen) atoms. The van der Waals surface area contributed by atoms with Crippen LogP contribution in [0.3, 0.4) is 0 Å². The Labute approximate surface area is 256 Å². The van der Waals surface area contributed by atoms with Crippen LogP contribution in [0.4, 0.5) is 11.4 Å². The summed E-state index contributed by atoms with van der Waals surface area (Å²) in [5, 5.41) is 44.4. The predicted molar refractivity (Wildman–Crippen MR) is 160 cm³/mol. The van der Waals surface area contributed by atoms with Crippen molar-refractivity contribution in [3.05, 3.63) is 83.5 Å². The van der Waals surface area contributed by atoms with Crippen LogP contribution in [0.5, 0.6) is 0 Å². The standard InChI is InChI=1S/C30H32N6O9/c37-13-22-28(43)31-19-7-1-4-16(10-19)25(40)34-23(14-38)29(44)32-20-8-3-6-18(12-20)27(42)36-24(15-39)30(45)33-21-9-2-5-17(11-21)26(41)35-22/h1-11,20,22-24,37-39H,12-15H2,(H,31,43)(H,32,44)(H,33,45)(H,34,40)(H,35,41)(H,36,42)/t20?,22-,23-,24-/m0/s1. The van der Waals surface area contributed by atoms with E-state index in [0.29, 0.717) is 0 Å². The van der Waals surface area contributed by atoms with Gasteiger partial charge in [0.1, 0.15) is 18.1 Å². The lowest BCUT2D eigenvalue weighted by molar-refractivity contribution is -0.125. The highest BCUT2D eigenvalue weighted by Gasteiger charge is 2.28. The SMILES string of the molecule is O=C1N[C@@H](CO)C(=O)Nc2cccc(c2)C(=O)N[C@@H](CO)C(=O)Nc2cccc(c2)C(=O)N[C@@H](CO)C(=O)NC2C=CC=C1C2. The second-order valence-corrected chi connectivity index (χ2v) is 10.2. The highest BCUT2D eigenvalue weighted by Crippen LogP contribution is 2.16. The van der Waals surface area contributed by atoms with Crippen molar-refractivity contribution in [3.63, 3.8) is 0 Å². The maximum atomic E-state index is 13.0. The van der Waals surface area contributed by atoms with Crippen LogP contribution < -0.4 is 31.9 Å². The van der Waals surface area contributed by atoms with Gasteiger partial charge in [0, 0.05) is 34.5 Å². The first kappa shape index (κ1) is 32.5. The van der Waals surface area contributed by atoms with Crippen molar-refractivity contribution in [2.24, 2.45) is 0 Å². The molecule has 1 unspecified atom stereocenters. The Hall–Kier alpha value is -5.38. The molecule has 2 aromatic rings.